The minimum absolute atomic E-state index is 0.179. The summed E-state index contributed by atoms with van der Waals surface area (Å²) in [5.41, 5.74) is 2.14. The number of hydrogen-bond acceptors (Lipinski definition) is 5. The van der Waals surface area contributed by atoms with Gasteiger partial charge in [0.1, 0.15) is 0 Å². The van der Waals surface area contributed by atoms with Crippen molar-refractivity contribution in [2.75, 3.05) is 13.2 Å². The van der Waals surface area contributed by atoms with Crippen LogP contribution in [0.3, 0.4) is 0 Å². The third kappa shape index (κ3) is 4.46. The molecule has 2 aromatic rings. The normalized spacial score (nSPS) is 11.1. The van der Waals surface area contributed by atoms with Crippen LogP contribution in [0.25, 0.3) is 0 Å². The molecule has 0 spiro atoms. The molecule has 2 rings (SSSR count). The van der Waals surface area contributed by atoms with Crippen LogP contribution in [-0.2, 0) is 26.6 Å². The molecule has 0 aliphatic heterocycles. The largest absolute Gasteiger partial charge is 0.396 e. The predicted molar refractivity (Wildman–Crippen MR) is 70.3 cm³/mol. The van der Waals surface area contributed by atoms with E-state index in [4.69, 9.17) is 5.11 Å². The average molecular weight is 264 g/mol. The summed E-state index contributed by atoms with van der Waals surface area (Å²) in [4.78, 5) is 0. The van der Waals surface area contributed by atoms with Crippen molar-refractivity contribution in [2.24, 2.45) is 7.05 Å². The van der Waals surface area contributed by atoms with Gasteiger partial charge in [-0.05, 0) is 24.9 Å². The molecule has 2 aromatic heterocycles. The first-order valence-corrected chi connectivity index (χ1v) is 6.46. The number of nitrogens with zero attached hydrogens (tertiary/aromatic N) is 5. The number of aliphatic hydroxyl groups excluding tert-OH is 1. The molecule has 0 amide bonds. The van der Waals surface area contributed by atoms with Crippen molar-refractivity contribution in [3.05, 3.63) is 29.8 Å². The Balaban J connectivity index is 1.66. The number of hydrogen-bond donors (Lipinski definition) is 2. The van der Waals surface area contributed by atoms with Crippen LogP contribution in [0.1, 0.15) is 17.7 Å². The molecule has 0 unspecified atom stereocenters. The first-order valence-electron chi connectivity index (χ1n) is 6.46. The fourth-order valence-electron chi connectivity index (χ4n) is 1.81. The summed E-state index contributed by atoms with van der Waals surface area (Å²) in [6.45, 7) is 2.48. The molecule has 0 aromatic carbocycles. The Morgan fingerprint density at radius 2 is 2.26 bits per heavy atom. The second-order valence-electron chi connectivity index (χ2n) is 4.50. The molecular weight excluding hydrogens is 244 g/mol. The lowest BCUT2D eigenvalue weighted by Gasteiger charge is -2.00. The SMILES string of the molecule is Cn1cc(CCNCc2cn(CCCO)nn2)cn1. The maximum Gasteiger partial charge on any atom is 0.0964 e. The lowest BCUT2D eigenvalue weighted by atomic mass is 10.2. The van der Waals surface area contributed by atoms with Crippen molar-refractivity contribution in [3.8, 4) is 0 Å². The van der Waals surface area contributed by atoms with Gasteiger partial charge < -0.3 is 10.4 Å². The van der Waals surface area contributed by atoms with Crippen LogP contribution in [0.5, 0.6) is 0 Å². The van der Waals surface area contributed by atoms with Gasteiger partial charge in [0.2, 0.25) is 0 Å². The molecule has 0 radical (unpaired) electrons. The van der Waals surface area contributed by atoms with E-state index in [-0.39, 0.29) is 6.61 Å². The predicted octanol–water partition coefficient (Wildman–Crippen LogP) is -0.274. The highest BCUT2D eigenvalue weighted by Crippen LogP contribution is 1.97. The summed E-state index contributed by atoms with van der Waals surface area (Å²) in [5.74, 6) is 0. The zero-order valence-electron chi connectivity index (χ0n) is 11.2. The van der Waals surface area contributed by atoms with Crippen molar-refractivity contribution in [3.63, 3.8) is 0 Å². The van der Waals surface area contributed by atoms with Gasteiger partial charge in [-0.1, -0.05) is 5.21 Å². The zero-order chi connectivity index (χ0) is 13.5. The highest BCUT2D eigenvalue weighted by atomic mass is 16.3. The van der Waals surface area contributed by atoms with Crippen LogP contribution in [0.15, 0.2) is 18.6 Å². The quantitative estimate of drug-likeness (QED) is 0.641. The highest BCUT2D eigenvalue weighted by molar-refractivity contribution is 5.04. The highest BCUT2D eigenvalue weighted by Gasteiger charge is 2.01. The van der Waals surface area contributed by atoms with Gasteiger partial charge in [-0.25, -0.2) is 0 Å². The Labute approximate surface area is 112 Å². The summed E-state index contributed by atoms with van der Waals surface area (Å²) in [7, 11) is 1.92. The van der Waals surface area contributed by atoms with E-state index >= 15 is 0 Å². The topological polar surface area (TPSA) is 80.8 Å². The number of rotatable bonds is 8. The van der Waals surface area contributed by atoms with Gasteiger partial charge in [-0.2, -0.15) is 5.10 Å². The maximum absolute atomic E-state index is 8.74. The molecule has 0 aliphatic carbocycles. The first kappa shape index (κ1) is 13.7. The fourth-order valence-corrected chi connectivity index (χ4v) is 1.81. The van der Waals surface area contributed by atoms with Crippen LogP contribution >= 0.6 is 0 Å². The van der Waals surface area contributed by atoms with Gasteiger partial charge in [0.05, 0.1) is 11.9 Å². The number of nitrogens with one attached hydrogen (secondary N) is 1. The van der Waals surface area contributed by atoms with E-state index in [2.05, 4.69) is 20.7 Å². The molecule has 0 saturated heterocycles. The standard InChI is InChI=1S/C12H20N6O/c1-17-9-11(7-14-17)3-4-13-8-12-10-18(16-15-12)5-2-6-19/h7,9-10,13,19H,2-6,8H2,1H3. The minimum Gasteiger partial charge on any atom is -0.396 e. The molecular formula is C12H20N6O. The van der Waals surface area contributed by atoms with Gasteiger partial charge in [-0.3, -0.25) is 9.36 Å². The second kappa shape index (κ2) is 7.01. The Morgan fingerprint density at radius 1 is 1.37 bits per heavy atom. The fraction of sp³-hybridized carbons (Fsp3) is 0.583. The molecule has 104 valence electrons. The second-order valence-corrected chi connectivity index (χ2v) is 4.50. The summed E-state index contributed by atoms with van der Waals surface area (Å²) in [5, 5.41) is 24.3. The maximum atomic E-state index is 8.74. The van der Waals surface area contributed by atoms with E-state index in [1.54, 1.807) is 4.68 Å². The van der Waals surface area contributed by atoms with Crippen molar-refractivity contribution in [1.82, 2.24) is 30.1 Å². The molecule has 0 bridgehead atoms. The Bertz CT molecular complexity index is 492. The number of aromatic nitrogens is 5. The van der Waals surface area contributed by atoms with E-state index in [0.717, 1.165) is 18.7 Å². The monoisotopic (exact) mass is 264 g/mol. The van der Waals surface area contributed by atoms with Gasteiger partial charge in [0, 0.05) is 39.1 Å². The van der Waals surface area contributed by atoms with E-state index in [9.17, 15) is 0 Å². The summed E-state index contributed by atoms with van der Waals surface area (Å²) in [6.07, 6.45) is 7.47. The van der Waals surface area contributed by atoms with E-state index in [0.29, 0.717) is 19.5 Å². The average Bonchev–Trinajstić information content (AvgIpc) is 3.01. The zero-order valence-corrected chi connectivity index (χ0v) is 11.2. The van der Waals surface area contributed by atoms with Crippen molar-refractivity contribution in [1.29, 1.82) is 0 Å². The van der Waals surface area contributed by atoms with E-state index in [1.165, 1.54) is 5.56 Å². The Morgan fingerprint density at radius 3 is 3.00 bits per heavy atom. The van der Waals surface area contributed by atoms with Gasteiger partial charge in [0.25, 0.3) is 0 Å². The molecule has 7 nitrogen and oxygen atoms in total. The van der Waals surface area contributed by atoms with Crippen molar-refractivity contribution < 1.29 is 5.11 Å². The number of aryl methyl sites for hydroxylation is 2. The molecule has 0 atom stereocenters. The minimum atomic E-state index is 0.179. The number of aliphatic hydroxyl groups is 1. The van der Waals surface area contributed by atoms with Gasteiger partial charge in [-0.15, -0.1) is 5.10 Å². The third-order valence-corrected chi connectivity index (χ3v) is 2.79. The molecule has 0 saturated carbocycles. The van der Waals surface area contributed by atoms with Crippen LogP contribution < -0.4 is 5.32 Å². The Hall–Kier alpha value is -1.73. The summed E-state index contributed by atoms with van der Waals surface area (Å²) >= 11 is 0. The lowest BCUT2D eigenvalue weighted by molar-refractivity contribution is 0.276. The van der Waals surface area contributed by atoms with Crippen LogP contribution in [0.4, 0.5) is 0 Å². The smallest absolute Gasteiger partial charge is 0.0964 e. The molecule has 2 heterocycles. The summed E-state index contributed by atoms with van der Waals surface area (Å²) < 4.78 is 3.57. The third-order valence-electron chi connectivity index (χ3n) is 2.79. The van der Waals surface area contributed by atoms with Crippen LogP contribution in [0, 0.1) is 0 Å². The molecule has 0 fully saturated rings. The first-order chi connectivity index (χ1) is 9.28. The molecule has 19 heavy (non-hydrogen) atoms. The molecule has 0 aliphatic rings. The molecule has 2 N–H and O–H groups in total. The Kier molecular flexibility index (Phi) is 5.05. The van der Waals surface area contributed by atoms with Crippen molar-refractivity contribution in [2.45, 2.75) is 25.9 Å². The van der Waals surface area contributed by atoms with E-state index in [1.807, 2.05) is 30.3 Å². The van der Waals surface area contributed by atoms with Crippen molar-refractivity contribution >= 4 is 0 Å². The van der Waals surface area contributed by atoms with Gasteiger partial charge in [0.15, 0.2) is 0 Å². The van der Waals surface area contributed by atoms with Gasteiger partial charge >= 0.3 is 0 Å². The van der Waals surface area contributed by atoms with Crippen LogP contribution in [0.2, 0.25) is 0 Å². The molecule has 7 heteroatoms. The lowest BCUT2D eigenvalue weighted by Crippen LogP contribution is -2.16. The van der Waals surface area contributed by atoms with Crippen LogP contribution in [-0.4, -0.2) is 43.0 Å². The van der Waals surface area contributed by atoms with E-state index < -0.39 is 0 Å². The summed E-state index contributed by atoms with van der Waals surface area (Å²) in [6, 6.07) is 0.